The molecule has 0 N–H and O–H groups in total. The number of carbonyl (C=O) groups is 2. The number of piperidine rings is 1. The van der Waals surface area contributed by atoms with Crippen molar-refractivity contribution in [3.8, 4) is 0 Å². The number of hydrogen-bond acceptors (Lipinski definition) is 3. The molecule has 1 fully saturated rings. The van der Waals surface area contributed by atoms with Gasteiger partial charge in [-0.3, -0.25) is 9.59 Å². The summed E-state index contributed by atoms with van der Waals surface area (Å²) in [6, 6.07) is 0.231. The molecule has 2 amide bonds. The van der Waals surface area contributed by atoms with Crippen molar-refractivity contribution < 1.29 is 9.59 Å². The minimum Gasteiger partial charge on any atom is -0.343 e. The van der Waals surface area contributed by atoms with Crippen molar-refractivity contribution in [3.05, 3.63) is 21.4 Å². The molecule has 5 heteroatoms. The number of carbonyl (C=O) groups excluding carboxylic acids is 2. The number of thiophene rings is 1. The zero-order valence-electron chi connectivity index (χ0n) is 15.0. The minimum atomic E-state index is 0.0674. The van der Waals surface area contributed by atoms with Crippen LogP contribution in [0.1, 0.15) is 60.3 Å². The Kier molecular flexibility index (Phi) is 5.28. The lowest BCUT2D eigenvalue weighted by Gasteiger charge is -2.34. The van der Waals surface area contributed by atoms with Crippen LogP contribution in [0, 0.1) is 5.92 Å². The highest BCUT2D eigenvalue weighted by Crippen LogP contribution is 2.32. The molecule has 2 aliphatic rings. The van der Waals surface area contributed by atoms with Gasteiger partial charge in [0.25, 0.3) is 5.91 Å². The monoisotopic (exact) mass is 348 g/mol. The second-order valence-corrected chi connectivity index (χ2v) is 8.33. The molecule has 0 bridgehead atoms. The average molecular weight is 349 g/mol. The molecule has 4 nitrogen and oxygen atoms in total. The van der Waals surface area contributed by atoms with Gasteiger partial charge in [0, 0.05) is 42.4 Å². The van der Waals surface area contributed by atoms with Crippen LogP contribution in [0.2, 0.25) is 0 Å². The maximum Gasteiger partial charge on any atom is 0.254 e. The van der Waals surface area contributed by atoms with Gasteiger partial charge in [-0.05, 0) is 57.9 Å². The summed E-state index contributed by atoms with van der Waals surface area (Å²) in [5.74, 6) is 0.473. The fraction of sp³-hybridized carbons (Fsp3) is 0.684. The smallest absolute Gasteiger partial charge is 0.254 e. The molecule has 132 valence electrons. The second-order valence-electron chi connectivity index (χ2n) is 7.37. The van der Waals surface area contributed by atoms with E-state index >= 15 is 0 Å². The maximum absolute atomic E-state index is 12.9. The van der Waals surface area contributed by atoms with Gasteiger partial charge in [0.2, 0.25) is 5.91 Å². The number of hydrogen-bond donors (Lipinski definition) is 0. The normalized spacial score (nSPS) is 18.6. The van der Waals surface area contributed by atoms with Crippen LogP contribution in [0.25, 0.3) is 0 Å². The van der Waals surface area contributed by atoms with Crippen molar-refractivity contribution in [2.75, 3.05) is 20.1 Å². The lowest BCUT2D eigenvalue weighted by molar-refractivity contribution is -0.137. The highest BCUT2D eigenvalue weighted by atomic mass is 32.1. The van der Waals surface area contributed by atoms with Crippen LogP contribution in [0.15, 0.2) is 5.38 Å². The average Bonchev–Trinajstić information content (AvgIpc) is 3.04. The first-order chi connectivity index (χ1) is 11.5. The van der Waals surface area contributed by atoms with Crippen LogP contribution < -0.4 is 0 Å². The number of amides is 2. The van der Waals surface area contributed by atoms with Gasteiger partial charge in [-0.1, -0.05) is 0 Å². The molecule has 0 atom stereocenters. The van der Waals surface area contributed by atoms with Gasteiger partial charge in [0.1, 0.15) is 0 Å². The predicted molar refractivity (Wildman–Crippen MR) is 97.5 cm³/mol. The summed E-state index contributed by atoms with van der Waals surface area (Å²) in [7, 11) is 1.88. The van der Waals surface area contributed by atoms with Crippen LogP contribution in [0.4, 0.5) is 0 Å². The molecular formula is C19H28N2O2S. The van der Waals surface area contributed by atoms with Crippen molar-refractivity contribution in [2.24, 2.45) is 5.92 Å². The fourth-order valence-corrected chi connectivity index (χ4v) is 4.84. The Morgan fingerprint density at radius 1 is 1.21 bits per heavy atom. The molecule has 1 aromatic heterocycles. The minimum absolute atomic E-state index is 0.0674. The summed E-state index contributed by atoms with van der Waals surface area (Å²) in [5, 5.41) is 2.06. The van der Waals surface area contributed by atoms with E-state index in [1.54, 1.807) is 11.3 Å². The third kappa shape index (κ3) is 3.37. The highest BCUT2D eigenvalue weighted by molar-refractivity contribution is 7.10. The molecule has 1 aromatic rings. The van der Waals surface area contributed by atoms with Crippen molar-refractivity contribution >= 4 is 23.2 Å². The van der Waals surface area contributed by atoms with Crippen LogP contribution >= 0.6 is 11.3 Å². The predicted octanol–water partition coefficient (Wildman–Crippen LogP) is 3.35. The lowest BCUT2D eigenvalue weighted by atomic mass is 9.93. The van der Waals surface area contributed by atoms with Gasteiger partial charge in [-0.25, -0.2) is 0 Å². The van der Waals surface area contributed by atoms with E-state index in [4.69, 9.17) is 0 Å². The first kappa shape index (κ1) is 17.5. The van der Waals surface area contributed by atoms with Crippen molar-refractivity contribution in [1.82, 2.24) is 9.80 Å². The summed E-state index contributed by atoms with van der Waals surface area (Å²) in [6.45, 7) is 5.48. The third-order valence-electron chi connectivity index (χ3n) is 5.55. The van der Waals surface area contributed by atoms with Crippen LogP contribution in [-0.4, -0.2) is 47.8 Å². The Labute approximate surface area is 148 Å². The maximum atomic E-state index is 12.9. The van der Waals surface area contributed by atoms with E-state index in [1.807, 2.05) is 30.7 Å². The van der Waals surface area contributed by atoms with Crippen molar-refractivity contribution in [1.29, 1.82) is 0 Å². The van der Waals surface area contributed by atoms with E-state index < -0.39 is 0 Å². The van der Waals surface area contributed by atoms with E-state index in [1.165, 1.54) is 23.3 Å². The first-order valence-electron chi connectivity index (χ1n) is 9.14. The van der Waals surface area contributed by atoms with Gasteiger partial charge in [-0.2, -0.15) is 0 Å². The molecule has 24 heavy (non-hydrogen) atoms. The Hall–Kier alpha value is -1.36. The van der Waals surface area contributed by atoms with E-state index in [-0.39, 0.29) is 23.8 Å². The third-order valence-corrected chi connectivity index (χ3v) is 6.63. The van der Waals surface area contributed by atoms with Gasteiger partial charge in [0.05, 0.1) is 5.56 Å². The molecule has 0 radical (unpaired) electrons. The summed E-state index contributed by atoms with van der Waals surface area (Å²) < 4.78 is 0. The molecule has 0 spiro atoms. The second kappa shape index (κ2) is 7.26. The standard InChI is InChI=1S/C19H28N2O2S/c1-13(2)20(3)18(22)14-8-10-21(11-9-14)19(23)16-12-24-17-7-5-4-6-15(16)17/h12-14H,4-11H2,1-3H3. The first-order valence-corrected chi connectivity index (χ1v) is 10.0. The quantitative estimate of drug-likeness (QED) is 0.840. The van der Waals surface area contributed by atoms with Gasteiger partial charge >= 0.3 is 0 Å². The molecule has 2 heterocycles. The number of rotatable bonds is 3. The van der Waals surface area contributed by atoms with Crippen LogP contribution in [0.3, 0.4) is 0 Å². The van der Waals surface area contributed by atoms with Gasteiger partial charge in [0.15, 0.2) is 0 Å². The molecule has 1 aliphatic heterocycles. The number of likely N-dealkylation sites (tertiary alicyclic amines) is 1. The SMILES string of the molecule is CC(C)N(C)C(=O)C1CCN(C(=O)c2csc3c2CCCC3)CC1. The van der Waals surface area contributed by atoms with Crippen molar-refractivity contribution in [3.63, 3.8) is 0 Å². The highest BCUT2D eigenvalue weighted by Gasteiger charge is 2.31. The Bertz CT molecular complexity index is 615. The Morgan fingerprint density at radius 2 is 1.88 bits per heavy atom. The number of fused-ring (bicyclic) bond motifs is 1. The molecule has 0 saturated carbocycles. The largest absolute Gasteiger partial charge is 0.343 e. The summed E-state index contributed by atoms with van der Waals surface area (Å²) in [5.41, 5.74) is 2.23. The zero-order valence-corrected chi connectivity index (χ0v) is 15.8. The summed E-state index contributed by atoms with van der Waals surface area (Å²) in [4.78, 5) is 30.5. The molecule has 1 aliphatic carbocycles. The van der Waals surface area contributed by atoms with E-state index in [0.29, 0.717) is 13.1 Å². The van der Waals surface area contributed by atoms with Gasteiger partial charge in [-0.15, -0.1) is 11.3 Å². The van der Waals surface area contributed by atoms with Crippen molar-refractivity contribution in [2.45, 2.75) is 58.4 Å². The lowest BCUT2D eigenvalue weighted by Crippen LogP contribution is -2.45. The molecule has 1 saturated heterocycles. The van der Waals surface area contributed by atoms with Crippen LogP contribution in [0.5, 0.6) is 0 Å². The van der Waals surface area contributed by atoms with E-state index in [2.05, 4.69) is 5.38 Å². The molecular weight excluding hydrogens is 320 g/mol. The zero-order chi connectivity index (χ0) is 17.3. The fourth-order valence-electron chi connectivity index (χ4n) is 3.72. The summed E-state index contributed by atoms with van der Waals surface area (Å²) >= 11 is 1.75. The summed E-state index contributed by atoms with van der Waals surface area (Å²) in [6.07, 6.45) is 6.20. The van der Waals surface area contributed by atoms with Gasteiger partial charge < -0.3 is 9.80 Å². The molecule has 3 rings (SSSR count). The van der Waals surface area contributed by atoms with E-state index in [9.17, 15) is 9.59 Å². The molecule has 0 unspecified atom stereocenters. The molecule has 0 aromatic carbocycles. The topological polar surface area (TPSA) is 40.6 Å². The number of nitrogens with zero attached hydrogens (tertiary/aromatic N) is 2. The Morgan fingerprint density at radius 3 is 2.54 bits per heavy atom. The number of aryl methyl sites for hydroxylation is 1. The van der Waals surface area contributed by atoms with E-state index in [0.717, 1.165) is 31.2 Å². The Balaban J connectivity index is 1.62. The van der Waals surface area contributed by atoms with Crippen LogP contribution in [-0.2, 0) is 17.6 Å².